The van der Waals surface area contributed by atoms with Crippen LogP contribution < -0.4 is 5.73 Å². The summed E-state index contributed by atoms with van der Waals surface area (Å²) >= 11 is 0. The molecule has 0 aliphatic carbocycles. The SMILES string of the molecule is CC(C)N1C(=O)CC(N)C1c1ccc(C(F)F)cc1. The molecule has 2 rings (SSSR count). The summed E-state index contributed by atoms with van der Waals surface area (Å²) in [5.41, 5.74) is 6.82. The third kappa shape index (κ3) is 2.61. The van der Waals surface area contributed by atoms with Gasteiger partial charge in [-0.15, -0.1) is 0 Å². The fourth-order valence-corrected chi connectivity index (χ4v) is 2.64. The van der Waals surface area contributed by atoms with Gasteiger partial charge in [0.1, 0.15) is 0 Å². The molecule has 0 spiro atoms. The molecular formula is C14H18F2N2O. The molecule has 1 fully saturated rings. The molecule has 2 N–H and O–H groups in total. The maximum atomic E-state index is 12.5. The highest BCUT2D eigenvalue weighted by molar-refractivity contribution is 5.80. The number of carbonyl (C=O) groups is 1. The normalized spacial score (nSPS) is 23.7. The van der Waals surface area contributed by atoms with Crippen molar-refractivity contribution in [1.29, 1.82) is 0 Å². The number of hydrogen-bond acceptors (Lipinski definition) is 2. The van der Waals surface area contributed by atoms with Crippen LogP contribution in [0.3, 0.4) is 0 Å². The number of rotatable bonds is 3. The molecule has 2 atom stereocenters. The van der Waals surface area contributed by atoms with Crippen molar-refractivity contribution in [3.8, 4) is 0 Å². The van der Waals surface area contributed by atoms with Crippen molar-refractivity contribution >= 4 is 5.91 Å². The number of nitrogens with two attached hydrogens (primary N) is 1. The Morgan fingerprint density at radius 1 is 1.26 bits per heavy atom. The summed E-state index contributed by atoms with van der Waals surface area (Å²) in [6.07, 6.45) is -2.17. The zero-order valence-electron chi connectivity index (χ0n) is 11.0. The van der Waals surface area contributed by atoms with Gasteiger partial charge in [0.25, 0.3) is 6.43 Å². The average molecular weight is 268 g/mol. The smallest absolute Gasteiger partial charge is 0.263 e. The molecule has 0 saturated carbocycles. The first-order valence-corrected chi connectivity index (χ1v) is 6.36. The van der Waals surface area contributed by atoms with Crippen LogP contribution in [-0.2, 0) is 4.79 Å². The Balaban J connectivity index is 2.30. The van der Waals surface area contributed by atoms with Crippen molar-refractivity contribution in [2.45, 2.75) is 44.8 Å². The third-order valence-corrected chi connectivity index (χ3v) is 3.49. The standard InChI is InChI=1S/C14H18F2N2O/c1-8(2)18-12(19)7-11(17)13(18)9-3-5-10(6-4-9)14(15)16/h3-6,8,11,13-14H,7,17H2,1-2H3. The van der Waals surface area contributed by atoms with E-state index in [0.717, 1.165) is 5.56 Å². The summed E-state index contributed by atoms with van der Waals surface area (Å²) in [5.74, 6) is 0.0189. The van der Waals surface area contributed by atoms with Crippen molar-refractivity contribution in [1.82, 2.24) is 4.90 Å². The molecule has 3 nitrogen and oxygen atoms in total. The van der Waals surface area contributed by atoms with Crippen LogP contribution in [0.1, 0.15) is 43.9 Å². The van der Waals surface area contributed by atoms with E-state index in [9.17, 15) is 13.6 Å². The summed E-state index contributed by atoms with van der Waals surface area (Å²) in [5, 5.41) is 0. The fraction of sp³-hybridized carbons (Fsp3) is 0.500. The summed E-state index contributed by atoms with van der Waals surface area (Å²) in [4.78, 5) is 13.6. The van der Waals surface area contributed by atoms with Crippen LogP contribution in [0.5, 0.6) is 0 Å². The van der Waals surface area contributed by atoms with E-state index in [1.165, 1.54) is 12.1 Å². The van der Waals surface area contributed by atoms with E-state index < -0.39 is 6.43 Å². The zero-order valence-corrected chi connectivity index (χ0v) is 11.0. The van der Waals surface area contributed by atoms with Gasteiger partial charge in [-0.2, -0.15) is 0 Å². The lowest BCUT2D eigenvalue weighted by Crippen LogP contribution is -2.37. The number of alkyl halides is 2. The molecule has 1 amide bonds. The fourth-order valence-electron chi connectivity index (χ4n) is 2.64. The highest BCUT2D eigenvalue weighted by Gasteiger charge is 2.39. The second-order valence-electron chi connectivity index (χ2n) is 5.17. The van der Waals surface area contributed by atoms with Crippen LogP contribution in [0.4, 0.5) is 8.78 Å². The molecular weight excluding hydrogens is 250 g/mol. The maximum Gasteiger partial charge on any atom is 0.263 e. The predicted molar refractivity (Wildman–Crippen MR) is 68.7 cm³/mol. The summed E-state index contributed by atoms with van der Waals surface area (Å²) in [6.45, 7) is 3.85. The van der Waals surface area contributed by atoms with Crippen molar-refractivity contribution < 1.29 is 13.6 Å². The lowest BCUT2D eigenvalue weighted by molar-refractivity contribution is -0.130. The molecule has 0 radical (unpaired) electrons. The Morgan fingerprint density at radius 2 is 1.84 bits per heavy atom. The molecule has 1 aromatic carbocycles. The van der Waals surface area contributed by atoms with Gasteiger partial charge in [-0.3, -0.25) is 4.79 Å². The van der Waals surface area contributed by atoms with Crippen LogP contribution in [0, 0.1) is 0 Å². The molecule has 1 saturated heterocycles. The van der Waals surface area contributed by atoms with Gasteiger partial charge in [-0.25, -0.2) is 8.78 Å². The van der Waals surface area contributed by atoms with Crippen LogP contribution in [0.15, 0.2) is 24.3 Å². The first kappa shape index (κ1) is 13.9. The number of hydrogen-bond donors (Lipinski definition) is 1. The lowest BCUT2D eigenvalue weighted by Gasteiger charge is -2.30. The summed E-state index contributed by atoms with van der Waals surface area (Å²) < 4.78 is 25.1. The van der Waals surface area contributed by atoms with Gasteiger partial charge in [0.05, 0.1) is 6.04 Å². The number of likely N-dealkylation sites (tertiary alicyclic amines) is 1. The molecule has 2 unspecified atom stereocenters. The Morgan fingerprint density at radius 3 is 2.32 bits per heavy atom. The topological polar surface area (TPSA) is 46.3 Å². The van der Waals surface area contributed by atoms with E-state index in [2.05, 4.69) is 0 Å². The molecule has 5 heteroatoms. The highest BCUT2D eigenvalue weighted by atomic mass is 19.3. The lowest BCUT2D eigenvalue weighted by atomic mass is 9.99. The number of nitrogens with zero attached hydrogens (tertiary/aromatic N) is 1. The number of amides is 1. The Kier molecular flexibility index (Phi) is 3.85. The quantitative estimate of drug-likeness (QED) is 0.916. The minimum absolute atomic E-state index is 0.0160. The van der Waals surface area contributed by atoms with E-state index in [-0.39, 0.29) is 29.6 Å². The predicted octanol–water partition coefficient (Wildman–Crippen LogP) is 2.63. The molecule has 1 aromatic rings. The molecule has 1 aliphatic rings. The monoisotopic (exact) mass is 268 g/mol. The van der Waals surface area contributed by atoms with E-state index >= 15 is 0 Å². The number of benzene rings is 1. The van der Waals surface area contributed by atoms with Crippen LogP contribution in [0.2, 0.25) is 0 Å². The zero-order chi connectivity index (χ0) is 14.2. The molecule has 104 valence electrons. The first-order chi connectivity index (χ1) is 8.91. The summed E-state index contributed by atoms with van der Waals surface area (Å²) in [7, 11) is 0. The van der Waals surface area contributed by atoms with Crippen LogP contribution in [0.25, 0.3) is 0 Å². The van der Waals surface area contributed by atoms with Crippen LogP contribution in [-0.4, -0.2) is 22.9 Å². The minimum atomic E-state index is -2.48. The van der Waals surface area contributed by atoms with Gasteiger partial charge in [-0.1, -0.05) is 24.3 Å². The van der Waals surface area contributed by atoms with Crippen molar-refractivity contribution in [3.63, 3.8) is 0 Å². The summed E-state index contributed by atoms with van der Waals surface area (Å²) in [6, 6.07) is 5.61. The minimum Gasteiger partial charge on any atom is -0.332 e. The number of halogens is 2. The Hall–Kier alpha value is -1.49. The molecule has 19 heavy (non-hydrogen) atoms. The molecule has 0 aromatic heterocycles. The largest absolute Gasteiger partial charge is 0.332 e. The van der Waals surface area contributed by atoms with E-state index in [1.807, 2.05) is 13.8 Å². The molecule has 1 heterocycles. The highest BCUT2D eigenvalue weighted by Crippen LogP contribution is 2.34. The van der Waals surface area contributed by atoms with Gasteiger partial charge in [-0.05, 0) is 19.4 Å². The van der Waals surface area contributed by atoms with Crippen molar-refractivity contribution in [2.24, 2.45) is 5.73 Å². The Labute approximate surface area is 111 Å². The van der Waals surface area contributed by atoms with Gasteiger partial charge in [0.2, 0.25) is 5.91 Å². The number of carbonyl (C=O) groups excluding carboxylic acids is 1. The second-order valence-corrected chi connectivity index (χ2v) is 5.17. The van der Waals surface area contributed by atoms with Crippen molar-refractivity contribution in [3.05, 3.63) is 35.4 Å². The van der Waals surface area contributed by atoms with Gasteiger partial charge in [0, 0.05) is 24.1 Å². The van der Waals surface area contributed by atoms with Gasteiger partial charge in [0.15, 0.2) is 0 Å². The van der Waals surface area contributed by atoms with E-state index in [4.69, 9.17) is 5.73 Å². The average Bonchev–Trinajstić information content (AvgIpc) is 2.64. The van der Waals surface area contributed by atoms with E-state index in [0.29, 0.717) is 6.42 Å². The second kappa shape index (κ2) is 5.25. The van der Waals surface area contributed by atoms with E-state index in [1.54, 1.807) is 17.0 Å². The van der Waals surface area contributed by atoms with Gasteiger partial charge < -0.3 is 10.6 Å². The molecule has 0 bridgehead atoms. The van der Waals surface area contributed by atoms with Crippen LogP contribution >= 0.6 is 0 Å². The van der Waals surface area contributed by atoms with Gasteiger partial charge >= 0.3 is 0 Å². The third-order valence-electron chi connectivity index (χ3n) is 3.49. The Bertz CT molecular complexity index is 459. The van der Waals surface area contributed by atoms with Crippen molar-refractivity contribution in [2.75, 3.05) is 0 Å². The maximum absolute atomic E-state index is 12.5. The first-order valence-electron chi connectivity index (χ1n) is 6.36. The molecule has 1 aliphatic heterocycles.